The summed E-state index contributed by atoms with van der Waals surface area (Å²) in [6.07, 6.45) is 1.36. The van der Waals surface area contributed by atoms with Gasteiger partial charge < -0.3 is 4.89 Å². The van der Waals surface area contributed by atoms with Gasteiger partial charge in [-0.15, -0.1) is 0 Å². The molecule has 0 fully saturated rings. The van der Waals surface area contributed by atoms with Crippen LogP contribution in [0.15, 0.2) is 0 Å². The molecule has 0 heterocycles. The van der Waals surface area contributed by atoms with Gasteiger partial charge in [-0.3, -0.25) is 0 Å². The number of hydrogen-bond acceptors (Lipinski definition) is 1. The summed E-state index contributed by atoms with van der Waals surface area (Å²) >= 11 is 1.45. The first-order chi connectivity index (χ1) is 3.68. The molecular formula is C4H10O2PZn. The Hall–Kier alpha value is 0.683. The zero-order chi connectivity index (χ0) is 6.99. The van der Waals surface area contributed by atoms with Crippen LogP contribution in [0.5, 0.6) is 0 Å². The van der Waals surface area contributed by atoms with Crippen molar-refractivity contribution in [3.8, 4) is 0 Å². The summed E-state index contributed by atoms with van der Waals surface area (Å²) in [5.74, 6) is 0. The van der Waals surface area contributed by atoms with Gasteiger partial charge in [0.2, 0.25) is 0 Å². The first-order valence-electron chi connectivity index (χ1n) is 2.48. The van der Waals surface area contributed by atoms with Gasteiger partial charge in [-0.25, -0.2) is 4.57 Å². The molecule has 1 unspecified atom stereocenters. The minimum atomic E-state index is -0.833. The molecule has 0 aliphatic rings. The minimum absolute atomic E-state index is 0.833. The summed E-state index contributed by atoms with van der Waals surface area (Å²) in [5.41, 5.74) is 0. The van der Waals surface area contributed by atoms with Crippen LogP contribution in [-0.4, -0.2) is 4.89 Å². The van der Waals surface area contributed by atoms with Crippen LogP contribution in [0.2, 0.25) is 4.51 Å². The Balaban J connectivity index is 0. The van der Waals surface area contributed by atoms with Gasteiger partial charge >= 0.3 is 51.8 Å². The van der Waals surface area contributed by atoms with E-state index in [2.05, 4.69) is 13.8 Å². The average Bonchev–Trinajstić information content (AvgIpc) is 1.69. The van der Waals surface area contributed by atoms with Crippen LogP contribution in [0, 0.1) is 0 Å². The third-order valence-electron chi connectivity index (χ3n) is 0.697. The molecule has 0 spiro atoms. The Morgan fingerprint density at radius 2 is 2.00 bits per heavy atom. The van der Waals surface area contributed by atoms with Crippen molar-refractivity contribution < 1.29 is 27.8 Å². The fourth-order valence-corrected chi connectivity index (χ4v) is 0. The summed E-state index contributed by atoms with van der Waals surface area (Å²) in [7, 11) is -0.833. The molecular weight excluding hydrogens is 176 g/mol. The van der Waals surface area contributed by atoms with E-state index in [0.717, 1.165) is 4.51 Å². The Labute approximate surface area is 61.6 Å². The summed E-state index contributed by atoms with van der Waals surface area (Å²) in [5, 5.41) is 0. The number of hydrogen-bond donors (Lipinski definition) is 1. The molecule has 0 aromatic carbocycles. The monoisotopic (exact) mass is 185 g/mol. The van der Waals surface area contributed by atoms with Crippen LogP contribution in [0.25, 0.3) is 0 Å². The minimum Gasteiger partial charge on any atom is -0.310 e. The van der Waals surface area contributed by atoms with Crippen molar-refractivity contribution in [2.75, 3.05) is 0 Å². The van der Waals surface area contributed by atoms with E-state index in [1.165, 1.54) is 24.7 Å². The van der Waals surface area contributed by atoms with Crippen molar-refractivity contribution >= 4 is 8.69 Å². The van der Waals surface area contributed by atoms with Crippen molar-refractivity contribution in [2.24, 2.45) is 0 Å². The van der Waals surface area contributed by atoms with Crippen molar-refractivity contribution in [3.63, 3.8) is 0 Å². The number of rotatable bonds is 1. The predicted molar refractivity (Wildman–Crippen MR) is 29.5 cm³/mol. The van der Waals surface area contributed by atoms with Crippen LogP contribution < -0.4 is 0 Å². The second kappa shape index (κ2) is 10.6. The fraction of sp³-hybridized carbons (Fsp3) is 1.00. The summed E-state index contributed by atoms with van der Waals surface area (Å²) in [4.78, 5) is 6.99. The molecule has 1 atom stereocenters. The predicted octanol–water partition coefficient (Wildman–Crippen LogP) is 1.94. The molecule has 0 saturated heterocycles. The maximum Gasteiger partial charge on any atom is 0.324 e. The summed E-state index contributed by atoms with van der Waals surface area (Å²) in [6, 6.07) is 0. The Morgan fingerprint density at radius 3 is 2.00 bits per heavy atom. The molecule has 45 valence electrons. The molecule has 0 aliphatic heterocycles. The molecule has 0 saturated carbocycles. The molecule has 0 bridgehead atoms. The molecule has 0 rings (SSSR count). The van der Waals surface area contributed by atoms with Crippen molar-refractivity contribution in [2.45, 2.75) is 24.8 Å². The fourth-order valence-electron chi connectivity index (χ4n) is 0. The molecule has 0 aromatic rings. The molecule has 0 radical (unpaired) electrons. The van der Waals surface area contributed by atoms with E-state index in [4.69, 9.17) is 9.46 Å². The van der Waals surface area contributed by atoms with Crippen molar-refractivity contribution in [1.82, 2.24) is 0 Å². The molecule has 0 amide bonds. The standard InChI is InChI=1S/C4H9.HO2P.Zn/c1-3-4-2;1-3-2;/h3H,4H2,1-2H3;(H,1,2);. The van der Waals surface area contributed by atoms with Gasteiger partial charge in [0.25, 0.3) is 0 Å². The van der Waals surface area contributed by atoms with E-state index >= 15 is 0 Å². The summed E-state index contributed by atoms with van der Waals surface area (Å²) < 4.78 is 9.47. The van der Waals surface area contributed by atoms with Gasteiger partial charge in [-0.05, 0) is 0 Å². The van der Waals surface area contributed by atoms with Crippen molar-refractivity contribution in [3.05, 3.63) is 0 Å². The quantitative estimate of drug-likeness (QED) is 0.502. The van der Waals surface area contributed by atoms with Crippen LogP contribution >= 0.6 is 8.69 Å². The van der Waals surface area contributed by atoms with Gasteiger partial charge in [0, 0.05) is 0 Å². The van der Waals surface area contributed by atoms with E-state index in [-0.39, 0.29) is 0 Å². The molecule has 0 aromatic heterocycles. The van der Waals surface area contributed by atoms with Gasteiger partial charge in [0.1, 0.15) is 0 Å². The molecule has 4 heteroatoms. The van der Waals surface area contributed by atoms with E-state index in [9.17, 15) is 0 Å². The smallest absolute Gasteiger partial charge is 0.310 e. The maximum atomic E-state index is 8.46. The first-order valence-corrected chi connectivity index (χ1v) is 4.96. The zero-order valence-corrected chi connectivity index (χ0v) is 9.16. The van der Waals surface area contributed by atoms with Gasteiger partial charge in [-0.2, -0.15) is 0 Å². The maximum absolute atomic E-state index is 8.46. The molecule has 0 aliphatic carbocycles. The van der Waals surface area contributed by atoms with Gasteiger partial charge in [0.05, 0.1) is 0 Å². The van der Waals surface area contributed by atoms with Gasteiger partial charge in [-0.1, -0.05) is 0 Å². The van der Waals surface area contributed by atoms with Crippen LogP contribution in [0.1, 0.15) is 20.3 Å². The molecule has 8 heavy (non-hydrogen) atoms. The largest absolute Gasteiger partial charge is 0.324 e. The van der Waals surface area contributed by atoms with Crippen molar-refractivity contribution in [1.29, 1.82) is 0 Å². The normalized spacial score (nSPS) is 12.1. The van der Waals surface area contributed by atoms with E-state index in [1.807, 2.05) is 0 Å². The second-order valence-corrected chi connectivity index (χ2v) is 4.68. The molecule has 2 nitrogen and oxygen atoms in total. The van der Waals surface area contributed by atoms with E-state index in [0.29, 0.717) is 0 Å². The Bertz CT molecular complexity index is 49.3. The van der Waals surface area contributed by atoms with Gasteiger partial charge in [0.15, 0.2) is 0 Å². The SMILES string of the molecule is CC[CH](C)[Zn].O=PO. The van der Waals surface area contributed by atoms with Crippen LogP contribution in [-0.2, 0) is 22.9 Å². The average molecular weight is 186 g/mol. The summed E-state index contributed by atoms with van der Waals surface area (Å²) in [6.45, 7) is 4.51. The topological polar surface area (TPSA) is 37.3 Å². The van der Waals surface area contributed by atoms with Crippen LogP contribution in [0.4, 0.5) is 0 Å². The second-order valence-electron chi connectivity index (χ2n) is 1.60. The third-order valence-corrected chi connectivity index (χ3v) is 1.91. The van der Waals surface area contributed by atoms with E-state index < -0.39 is 8.69 Å². The first kappa shape index (κ1) is 11.5. The Kier molecular flexibility index (Phi) is 15.2. The van der Waals surface area contributed by atoms with E-state index in [1.54, 1.807) is 0 Å². The van der Waals surface area contributed by atoms with Crippen LogP contribution in [0.3, 0.4) is 0 Å². The zero-order valence-electron chi connectivity index (χ0n) is 5.29. The third kappa shape index (κ3) is 30.0. The molecule has 1 N–H and O–H groups in total. The Morgan fingerprint density at radius 1 is 1.88 bits per heavy atom.